The molecule has 1 atom stereocenters. The van der Waals surface area contributed by atoms with Crippen LogP contribution in [0, 0.1) is 57.9 Å². The molecule has 0 aliphatic heterocycles. The molecule has 0 fully saturated rings. The van der Waals surface area contributed by atoms with Crippen molar-refractivity contribution < 1.29 is 54.0 Å². The molecule has 0 bridgehead atoms. The summed E-state index contributed by atoms with van der Waals surface area (Å²) in [7, 11) is 0. The van der Waals surface area contributed by atoms with Gasteiger partial charge in [-0.3, -0.25) is 14.4 Å². The van der Waals surface area contributed by atoms with Crippen LogP contribution in [-0.4, -0.2) is 27.1 Å². The van der Waals surface area contributed by atoms with Crippen molar-refractivity contribution in [2.45, 2.75) is 26.3 Å². The van der Waals surface area contributed by atoms with E-state index in [1.165, 1.54) is 0 Å². The van der Waals surface area contributed by atoms with Crippen molar-refractivity contribution in [3.8, 4) is 0 Å². The van der Waals surface area contributed by atoms with E-state index < -0.39 is 23.1 Å². The second-order valence-electron chi connectivity index (χ2n) is 4.72. The summed E-state index contributed by atoms with van der Waals surface area (Å²) in [5.74, 6) is -1.23. The van der Waals surface area contributed by atoms with Gasteiger partial charge in [0.05, 0.1) is 11.0 Å². The number of hydrogen-bond acceptors (Lipinski definition) is 3. The van der Waals surface area contributed by atoms with Gasteiger partial charge in [-0.2, -0.15) is 0 Å². The molecule has 0 amide bonds. The number of benzene rings is 1. The van der Waals surface area contributed by atoms with Gasteiger partial charge in [0.15, 0.2) is 0 Å². The second kappa shape index (κ2) is 6.86. The molecule has 4 N–H and O–H groups in total. The Morgan fingerprint density at radius 2 is 1.86 bits per heavy atom. The van der Waals surface area contributed by atoms with Crippen LogP contribution in [0.2, 0.25) is 0 Å². The number of aromatic amines is 2. The van der Waals surface area contributed by atoms with Crippen molar-refractivity contribution in [3.63, 3.8) is 0 Å². The number of carboxylic acids is 1. The summed E-state index contributed by atoms with van der Waals surface area (Å²) in [4.78, 5) is 38.5. The van der Waals surface area contributed by atoms with E-state index in [1.54, 1.807) is 13.0 Å². The van der Waals surface area contributed by atoms with Crippen LogP contribution in [-0.2, 0) is 11.2 Å². The third-order valence-electron chi connectivity index (χ3n) is 3.38. The summed E-state index contributed by atoms with van der Waals surface area (Å²) in [6.45, 7) is 3.61. The first-order valence-electron chi connectivity index (χ1n) is 6.00. The molecular weight excluding hydrogens is 489 g/mol. The Bertz CT molecular complexity index is 809. The molecular formula is C13H14AcN3O4-. The van der Waals surface area contributed by atoms with Crippen LogP contribution in [0.3, 0.4) is 0 Å². The molecule has 2 aromatic rings. The Kier molecular flexibility index (Phi) is 5.91. The summed E-state index contributed by atoms with van der Waals surface area (Å²) in [6, 6.07) is 0.389. The summed E-state index contributed by atoms with van der Waals surface area (Å²) in [5.41, 5.74) is 9.03. The standard InChI is InChI=1S/C13H14N3O4.Ac/c1-5-3-9-10(16-12(18)11(17)15-9)7(6(5)2)4-8(14)13(19)20;/h3,8,14H,4H2,1-2H3,(H,15,17)(H,16,18)(H,19,20);/q-1;. The Balaban J connectivity index is 0.00000220. The Labute approximate surface area is 155 Å². The van der Waals surface area contributed by atoms with E-state index in [2.05, 4.69) is 9.97 Å². The van der Waals surface area contributed by atoms with Crippen LogP contribution in [0.15, 0.2) is 15.7 Å². The molecule has 1 heterocycles. The van der Waals surface area contributed by atoms with Gasteiger partial charge in [0, 0.05) is 44.1 Å². The largest absolute Gasteiger partial charge is 0.665 e. The zero-order valence-corrected chi connectivity index (χ0v) is 16.4. The van der Waals surface area contributed by atoms with Gasteiger partial charge in [0.2, 0.25) is 0 Å². The average Bonchev–Trinajstić information content (AvgIpc) is 2.37. The molecule has 0 saturated heterocycles. The van der Waals surface area contributed by atoms with Crippen molar-refractivity contribution in [2.24, 2.45) is 0 Å². The van der Waals surface area contributed by atoms with E-state index in [9.17, 15) is 14.4 Å². The van der Waals surface area contributed by atoms with Crippen LogP contribution in [0.25, 0.3) is 16.8 Å². The smallest absolute Gasteiger partial charge is 0.314 e. The van der Waals surface area contributed by atoms with E-state index in [1.807, 2.05) is 6.92 Å². The van der Waals surface area contributed by atoms with Gasteiger partial charge in [-0.25, -0.2) is 0 Å². The number of nitrogens with one attached hydrogen (secondary N) is 3. The third-order valence-corrected chi connectivity index (χ3v) is 3.38. The molecule has 109 valence electrons. The van der Waals surface area contributed by atoms with Gasteiger partial charge in [-0.1, -0.05) is 0 Å². The van der Waals surface area contributed by atoms with Crippen molar-refractivity contribution in [1.82, 2.24) is 9.97 Å². The predicted octanol–water partition coefficient (Wildman–Crippen LogP) is 0.881. The first-order chi connectivity index (χ1) is 9.31. The minimum atomic E-state index is -1.32. The number of aromatic nitrogens is 2. The number of H-pyrrole nitrogens is 2. The SMILES string of the molecule is Cc1cc2[nH]c(=O)c(=O)[nH]c2c(CC([NH-])C(=O)O)c1C.[Ac]. The van der Waals surface area contributed by atoms with Gasteiger partial charge in [0.1, 0.15) is 0 Å². The van der Waals surface area contributed by atoms with Crippen LogP contribution >= 0.6 is 0 Å². The summed E-state index contributed by atoms with van der Waals surface area (Å²) >= 11 is 0. The number of hydrogen-bond donors (Lipinski definition) is 3. The number of aliphatic carboxylic acids is 1. The maximum atomic E-state index is 11.4. The minimum absolute atomic E-state index is 0. The van der Waals surface area contributed by atoms with Gasteiger partial charge >= 0.3 is 11.1 Å². The summed E-state index contributed by atoms with van der Waals surface area (Å²) in [6.07, 6.45) is -0.0403. The number of fused-ring (bicyclic) bond motifs is 1. The van der Waals surface area contributed by atoms with Gasteiger partial charge < -0.3 is 20.8 Å². The molecule has 7 nitrogen and oxygen atoms in total. The Morgan fingerprint density at radius 1 is 1.29 bits per heavy atom. The number of aryl methyl sites for hydroxylation is 1. The first kappa shape index (κ1) is 18.1. The van der Waals surface area contributed by atoms with Crippen molar-refractivity contribution in [2.75, 3.05) is 0 Å². The fourth-order valence-corrected chi connectivity index (χ4v) is 2.12. The van der Waals surface area contributed by atoms with Crippen LogP contribution in [0.4, 0.5) is 0 Å². The normalized spacial score (nSPS) is 12.0. The monoisotopic (exact) mass is 503 g/mol. The summed E-state index contributed by atoms with van der Waals surface area (Å²) in [5, 5.41) is 8.86. The van der Waals surface area contributed by atoms with E-state index in [0.717, 1.165) is 11.1 Å². The van der Waals surface area contributed by atoms with E-state index >= 15 is 0 Å². The molecule has 0 spiro atoms. The molecule has 2 rings (SSSR count). The van der Waals surface area contributed by atoms with Crippen LogP contribution in [0.1, 0.15) is 16.7 Å². The molecule has 0 saturated carbocycles. The first-order valence-corrected chi connectivity index (χ1v) is 6.00. The molecule has 8 heteroatoms. The molecule has 21 heavy (non-hydrogen) atoms. The fourth-order valence-electron chi connectivity index (χ4n) is 2.12. The van der Waals surface area contributed by atoms with Crippen molar-refractivity contribution >= 4 is 17.0 Å². The van der Waals surface area contributed by atoms with Crippen molar-refractivity contribution in [3.05, 3.63) is 49.2 Å². The van der Waals surface area contributed by atoms with E-state index in [0.29, 0.717) is 16.6 Å². The second-order valence-corrected chi connectivity index (χ2v) is 4.72. The van der Waals surface area contributed by atoms with Crippen LogP contribution < -0.4 is 11.1 Å². The molecule has 1 radical (unpaired) electrons. The quantitative estimate of drug-likeness (QED) is 0.538. The van der Waals surface area contributed by atoms with Crippen LogP contribution in [0.5, 0.6) is 0 Å². The predicted molar refractivity (Wildman–Crippen MR) is 74.1 cm³/mol. The number of carbonyl (C=O) groups is 1. The number of carboxylic acid groups (broad SMARTS) is 1. The molecule has 1 aromatic heterocycles. The zero-order chi connectivity index (χ0) is 15.0. The average molecular weight is 503 g/mol. The van der Waals surface area contributed by atoms with E-state index in [-0.39, 0.29) is 50.5 Å². The fraction of sp³-hybridized carbons (Fsp3) is 0.308. The maximum Gasteiger partial charge on any atom is 0.314 e. The zero-order valence-electron chi connectivity index (χ0n) is 11.6. The molecule has 0 aliphatic carbocycles. The summed E-state index contributed by atoms with van der Waals surface area (Å²) < 4.78 is 0. The Hall–Kier alpha value is -0.968. The molecule has 0 aliphatic rings. The van der Waals surface area contributed by atoms with Gasteiger partial charge in [-0.15, -0.1) is 0 Å². The molecule has 1 aromatic carbocycles. The maximum absolute atomic E-state index is 11.4. The topological polar surface area (TPSA) is 127 Å². The molecule has 1 unspecified atom stereocenters. The van der Waals surface area contributed by atoms with Gasteiger partial charge in [-0.05, 0) is 49.1 Å². The van der Waals surface area contributed by atoms with E-state index in [4.69, 9.17) is 10.8 Å². The van der Waals surface area contributed by atoms with Crippen molar-refractivity contribution in [1.29, 1.82) is 0 Å². The minimum Gasteiger partial charge on any atom is -0.665 e. The number of rotatable bonds is 3. The third kappa shape index (κ3) is 3.62. The Morgan fingerprint density at radius 3 is 2.43 bits per heavy atom. The van der Waals surface area contributed by atoms with Gasteiger partial charge in [0.25, 0.3) is 5.97 Å².